The van der Waals surface area contributed by atoms with Crippen molar-refractivity contribution in [3.8, 4) is 0 Å². The number of rotatable bonds is 42. The highest BCUT2D eigenvalue weighted by Gasteiger charge is 2.18. The Morgan fingerprint density at radius 1 is 0.456 bits per heavy atom. The third kappa shape index (κ3) is 41.6. The van der Waals surface area contributed by atoms with Crippen LogP contribution in [0.1, 0.15) is 226 Å². The van der Waals surface area contributed by atoms with Crippen LogP contribution in [0, 0.1) is 0 Å². The van der Waals surface area contributed by atoms with Gasteiger partial charge in [0.15, 0.2) is 0 Å². The minimum absolute atomic E-state index is 0.0195. The van der Waals surface area contributed by atoms with Gasteiger partial charge in [-0.3, -0.25) is 9.59 Å². The van der Waals surface area contributed by atoms with Gasteiger partial charge in [0, 0.05) is 6.54 Å². The monoisotopic (exact) mass is 806 g/mol. The van der Waals surface area contributed by atoms with E-state index in [9.17, 15) is 14.4 Å². The average molecular weight is 806 g/mol. The van der Waals surface area contributed by atoms with Crippen LogP contribution in [0.15, 0.2) is 24.3 Å². The van der Waals surface area contributed by atoms with E-state index in [-0.39, 0.29) is 37.6 Å². The molecule has 0 aromatic heterocycles. The Balaban J connectivity index is 4.55. The van der Waals surface area contributed by atoms with Crippen LogP contribution in [-0.2, 0) is 28.5 Å². The fourth-order valence-corrected chi connectivity index (χ4v) is 6.91. The van der Waals surface area contributed by atoms with Crippen LogP contribution in [0.3, 0.4) is 0 Å². The maximum Gasteiger partial charge on any atom is 0.508 e. The Hall–Kier alpha value is -2.35. The van der Waals surface area contributed by atoms with E-state index >= 15 is 0 Å². The lowest BCUT2D eigenvalue weighted by molar-refractivity contribution is -0.154. The zero-order valence-electron chi connectivity index (χ0n) is 38.0. The largest absolute Gasteiger partial charge is 0.508 e. The molecule has 1 atom stereocenters. The van der Waals surface area contributed by atoms with Crippen molar-refractivity contribution in [2.24, 2.45) is 0 Å². The highest BCUT2D eigenvalue weighted by Crippen LogP contribution is 2.19. The number of carbonyl (C=O) groups excluding carboxylic acids is 3. The summed E-state index contributed by atoms with van der Waals surface area (Å²) in [6, 6.07) is 0. The van der Waals surface area contributed by atoms with Crippen LogP contribution in [0.25, 0.3) is 0 Å². The van der Waals surface area contributed by atoms with Crippen LogP contribution in [0.4, 0.5) is 4.79 Å². The molecular weight excluding hydrogens is 715 g/mol. The Bertz CT molecular complexity index is 949. The quantitative estimate of drug-likeness (QED) is 0.0261. The van der Waals surface area contributed by atoms with Gasteiger partial charge in [0.1, 0.15) is 12.2 Å². The highest BCUT2D eigenvalue weighted by atomic mass is 16.7. The maximum absolute atomic E-state index is 12.7. The minimum atomic E-state index is -0.624. The van der Waals surface area contributed by atoms with Gasteiger partial charge >= 0.3 is 18.1 Å². The summed E-state index contributed by atoms with van der Waals surface area (Å²) in [6.45, 7) is 8.10. The van der Waals surface area contributed by atoms with E-state index < -0.39 is 12.1 Å². The zero-order chi connectivity index (χ0) is 41.9. The standard InChI is InChI=1S/C49H91NO7/c1-6-9-12-15-18-19-20-21-22-23-24-25-26-27-30-33-38-46(57-49(53)55-44-35-42-50(4)5)39-34-43-54-47(51)40-41-48(52)56-45(36-31-28-16-13-10-7-2)37-32-29-17-14-11-8-3/h18-19,21-22,45-46H,6-17,20,23-44H2,1-5H3/b19-18-,22-21-. The second-order valence-corrected chi connectivity index (χ2v) is 16.5. The van der Waals surface area contributed by atoms with Gasteiger partial charge in [-0.15, -0.1) is 0 Å². The molecule has 0 heterocycles. The lowest BCUT2D eigenvalue weighted by Crippen LogP contribution is -2.22. The number of hydrogen-bond donors (Lipinski definition) is 0. The van der Waals surface area contributed by atoms with Gasteiger partial charge < -0.3 is 23.8 Å². The van der Waals surface area contributed by atoms with Crippen molar-refractivity contribution in [1.82, 2.24) is 4.90 Å². The summed E-state index contributed by atoms with van der Waals surface area (Å²) >= 11 is 0. The molecule has 1 unspecified atom stereocenters. The molecule has 0 aliphatic carbocycles. The van der Waals surface area contributed by atoms with E-state index in [1.165, 1.54) is 116 Å². The molecule has 0 bridgehead atoms. The Kier molecular flexibility index (Phi) is 41.5. The summed E-state index contributed by atoms with van der Waals surface area (Å²) in [5, 5.41) is 0. The molecule has 0 aromatic carbocycles. The van der Waals surface area contributed by atoms with E-state index in [0.29, 0.717) is 19.4 Å². The SMILES string of the molecule is CCCCC/C=C\C/C=C\CCCCCCCCC(CCCOC(=O)CCC(=O)OC(CCCCCCCC)CCCCCCCC)OC(=O)OCCCN(C)C. The first-order valence-corrected chi connectivity index (χ1v) is 23.9. The summed E-state index contributed by atoms with van der Waals surface area (Å²) < 4.78 is 22.4. The molecule has 0 saturated carbocycles. The van der Waals surface area contributed by atoms with E-state index in [2.05, 4.69) is 50.0 Å². The molecule has 0 fully saturated rings. The summed E-state index contributed by atoms with van der Waals surface area (Å²) in [6.07, 6.45) is 41.6. The van der Waals surface area contributed by atoms with Gasteiger partial charge in [-0.05, 0) is 104 Å². The molecule has 0 N–H and O–H groups in total. The van der Waals surface area contributed by atoms with Crippen LogP contribution >= 0.6 is 0 Å². The van der Waals surface area contributed by atoms with Crippen molar-refractivity contribution in [3.05, 3.63) is 24.3 Å². The van der Waals surface area contributed by atoms with Gasteiger partial charge in [0.05, 0.1) is 26.1 Å². The molecule has 0 spiro atoms. The molecule has 8 heteroatoms. The molecule has 0 amide bonds. The molecule has 0 aliphatic heterocycles. The van der Waals surface area contributed by atoms with Gasteiger partial charge in [-0.25, -0.2) is 4.79 Å². The van der Waals surface area contributed by atoms with Gasteiger partial charge in [-0.1, -0.05) is 148 Å². The number of esters is 2. The van der Waals surface area contributed by atoms with Crippen molar-refractivity contribution in [2.75, 3.05) is 33.9 Å². The third-order valence-corrected chi connectivity index (χ3v) is 10.5. The Morgan fingerprint density at radius 2 is 0.877 bits per heavy atom. The molecule has 0 saturated heterocycles. The lowest BCUT2D eigenvalue weighted by atomic mass is 10.0. The topological polar surface area (TPSA) is 91.4 Å². The van der Waals surface area contributed by atoms with Gasteiger partial charge in [0.2, 0.25) is 0 Å². The van der Waals surface area contributed by atoms with Crippen molar-refractivity contribution in [2.45, 2.75) is 238 Å². The number of ether oxygens (including phenoxy) is 4. The molecular formula is C49H91NO7. The molecule has 57 heavy (non-hydrogen) atoms. The third-order valence-electron chi connectivity index (χ3n) is 10.5. The smallest absolute Gasteiger partial charge is 0.466 e. The minimum Gasteiger partial charge on any atom is -0.466 e. The summed E-state index contributed by atoms with van der Waals surface area (Å²) in [4.78, 5) is 39.8. The van der Waals surface area contributed by atoms with E-state index in [1.54, 1.807) is 0 Å². The Morgan fingerprint density at radius 3 is 1.42 bits per heavy atom. The number of hydrogen-bond acceptors (Lipinski definition) is 8. The number of unbranched alkanes of at least 4 members (excludes halogenated alkanes) is 19. The van der Waals surface area contributed by atoms with Gasteiger partial charge in [0.25, 0.3) is 0 Å². The van der Waals surface area contributed by atoms with Crippen molar-refractivity contribution in [1.29, 1.82) is 0 Å². The lowest BCUT2D eigenvalue weighted by Gasteiger charge is -2.18. The normalized spacial score (nSPS) is 12.3. The Labute approximate surface area is 352 Å². The van der Waals surface area contributed by atoms with Gasteiger partial charge in [-0.2, -0.15) is 0 Å². The summed E-state index contributed by atoms with van der Waals surface area (Å²) in [5.74, 6) is -0.696. The van der Waals surface area contributed by atoms with Crippen LogP contribution < -0.4 is 0 Å². The highest BCUT2D eigenvalue weighted by molar-refractivity contribution is 5.77. The predicted molar refractivity (Wildman–Crippen MR) is 239 cm³/mol. The van der Waals surface area contributed by atoms with Crippen LogP contribution in [-0.4, -0.2) is 69.1 Å². The first-order valence-electron chi connectivity index (χ1n) is 23.9. The molecule has 0 radical (unpaired) electrons. The summed E-state index contributed by atoms with van der Waals surface area (Å²) in [5.41, 5.74) is 0. The fraction of sp³-hybridized carbons (Fsp3) is 0.857. The zero-order valence-corrected chi connectivity index (χ0v) is 38.0. The van der Waals surface area contributed by atoms with Crippen molar-refractivity contribution < 1.29 is 33.3 Å². The maximum atomic E-state index is 12.7. The second kappa shape index (κ2) is 43.2. The van der Waals surface area contributed by atoms with E-state index in [1.807, 2.05) is 14.1 Å². The summed E-state index contributed by atoms with van der Waals surface area (Å²) in [7, 11) is 3.98. The molecule has 8 nitrogen and oxygen atoms in total. The average Bonchev–Trinajstić information content (AvgIpc) is 3.19. The molecule has 0 aromatic rings. The number of carbonyl (C=O) groups is 3. The van der Waals surface area contributed by atoms with E-state index in [0.717, 1.165) is 70.8 Å². The molecule has 334 valence electrons. The first kappa shape index (κ1) is 54.6. The van der Waals surface area contributed by atoms with Crippen LogP contribution in [0.2, 0.25) is 0 Å². The first-order chi connectivity index (χ1) is 27.8. The van der Waals surface area contributed by atoms with Crippen molar-refractivity contribution in [3.63, 3.8) is 0 Å². The van der Waals surface area contributed by atoms with E-state index in [4.69, 9.17) is 18.9 Å². The number of nitrogens with zero attached hydrogens (tertiary/aromatic N) is 1. The fourth-order valence-electron chi connectivity index (χ4n) is 6.91. The second-order valence-electron chi connectivity index (χ2n) is 16.5. The number of allylic oxidation sites excluding steroid dienone is 4. The van der Waals surface area contributed by atoms with Crippen LogP contribution in [0.5, 0.6) is 0 Å². The predicted octanol–water partition coefficient (Wildman–Crippen LogP) is 14.2. The van der Waals surface area contributed by atoms with Crippen molar-refractivity contribution >= 4 is 18.1 Å². The molecule has 0 aliphatic rings. The molecule has 0 rings (SSSR count).